The van der Waals surface area contributed by atoms with Gasteiger partial charge >= 0.3 is 0 Å². The van der Waals surface area contributed by atoms with Crippen LogP contribution in [0.3, 0.4) is 0 Å². The minimum Gasteiger partial charge on any atom is -0.389 e. The quantitative estimate of drug-likeness (QED) is 0.317. The standard InChI is InChI=1S/C8H16N2O4/c1-3-5(11)7(13)6(12)4(10-3)8(14)9-2/h3-7,10-13H,1-2H3,(H,9,14)/t3-,4+,5-,6-,7+/m1/s1. The normalized spacial score (nSPS) is 43.4. The zero-order chi connectivity index (χ0) is 10.9. The summed E-state index contributed by atoms with van der Waals surface area (Å²) in [6.07, 6.45) is -3.65. The lowest BCUT2D eigenvalue weighted by Gasteiger charge is -2.39. The first-order chi connectivity index (χ1) is 6.49. The molecule has 6 nitrogen and oxygen atoms in total. The summed E-state index contributed by atoms with van der Waals surface area (Å²) >= 11 is 0. The Hall–Kier alpha value is -0.690. The van der Waals surface area contributed by atoms with Crippen molar-refractivity contribution in [2.24, 2.45) is 0 Å². The smallest absolute Gasteiger partial charge is 0.239 e. The number of hydrogen-bond donors (Lipinski definition) is 5. The number of hydrogen-bond acceptors (Lipinski definition) is 5. The van der Waals surface area contributed by atoms with Crippen molar-refractivity contribution >= 4 is 5.91 Å². The first-order valence-electron chi connectivity index (χ1n) is 4.51. The Morgan fingerprint density at radius 1 is 1.21 bits per heavy atom. The zero-order valence-corrected chi connectivity index (χ0v) is 8.14. The number of likely N-dealkylation sites (N-methyl/N-ethyl adjacent to an activating group) is 1. The summed E-state index contributed by atoms with van der Waals surface area (Å²) < 4.78 is 0. The number of amides is 1. The van der Waals surface area contributed by atoms with Gasteiger partial charge in [-0.15, -0.1) is 0 Å². The van der Waals surface area contributed by atoms with Gasteiger partial charge in [0, 0.05) is 13.1 Å². The zero-order valence-electron chi connectivity index (χ0n) is 8.14. The lowest BCUT2D eigenvalue weighted by atomic mass is 9.91. The molecule has 0 aromatic carbocycles. The monoisotopic (exact) mass is 204 g/mol. The molecule has 1 fully saturated rings. The molecule has 0 spiro atoms. The lowest BCUT2D eigenvalue weighted by Crippen LogP contribution is -2.67. The summed E-state index contributed by atoms with van der Waals surface area (Å²) in [6, 6.07) is -1.32. The highest BCUT2D eigenvalue weighted by atomic mass is 16.4. The highest BCUT2D eigenvalue weighted by molar-refractivity contribution is 5.82. The van der Waals surface area contributed by atoms with Crippen LogP contribution in [-0.2, 0) is 4.79 Å². The molecule has 1 aliphatic rings. The molecule has 0 aliphatic carbocycles. The molecular weight excluding hydrogens is 188 g/mol. The molecule has 1 amide bonds. The molecule has 82 valence electrons. The van der Waals surface area contributed by atoms with Crippen LogP contribution >= 0.6 is 0 Å². The molecule has 0 aromatic heterocycles. The summed E-state index contributed by atoms with van der Waals surface area (Å²) in [5, 5.41) is 33.4. The summed E-state index contributed by atoms with van der Waals surface area (Å²) in [4.78, 5) is 11.2. The largest absolute Gasteiger partial charge is 0.389 e. The van der Waals surface area contributed by atoms with E-state index in [1.165, 1.54) is 7.05 Å². The second-order valence-corrected chi connectivity index (χ2v) is 3.52. The van der Waals surface area contributed by atoms with Crippen LogP contribution in [-0.4, -0.2) is 58.7 Å². The fourth-order valence-corrected chi connectivity index (χ4v) is 1.56. The van der Waals surface area contributed by atoms with Crippen LogP contribution < -0.4 is 10.6 Å². The first-order valence-corrected chi connectivity index (χ1v) is 4.51. The highest BCUT2D eigenvalue weighted by Crippen LogP contribution is 2.15. The number of carbonyl (C=O) groups excluding carboxylic acids is 1. The maximum Gasteiger partial charge on any atom is 0.239 e. The average Bonchev–Trinajstić information content (AvgIpc) is 2.19. The fraction of sp³-hybridized carbons (Fsp3) is 0.875. The summed E-state index contributed by atoms with van der Waals surface area (Å²) in [6.45, 7) is 1.63. The number of piperidine rings is 1. The van der Waals surface area contributed by atoms with Crippen molar-refractivity contribution in [2.75, 3.05) is 7.05 Å². The van der Waals surface area contributed by atoms with Gasteiger partial charge in [0.15, 0.2) is 0 Å². The SMILES string of the molecule is CNC(=O)[C@H]1N[C@H](C)[C@@H](O)[C@H](O)[C@@H]1O. The third-order valence-corrected chi connectivity index (χ3v) is 2.52. The maximum atomic E-state index is 11.2. The Morgan fingerprint density at radius 2 is 1.79 bits per heavy atom. The molecule has 0 bridgehead atoms. The van der Waals surface area contributed by atoms with Crippen molar-refractivity contribution in [3.8, 4) is 0 Å². The Labute approximate surface area is 81.9 Å². The van der Waals surface area contributed by atoms with Crippen molar-refractivity contribution in [3.05, 3.63) is 0 Å². The van der Waals surface area contributed by atoms with Crippen LogP contribution in [0.15, 0.2) is 0 Å². The molecule has 5 atom stereocenters. The first kappa shape index (κ1) is 11.4. The van der Waals surface area contributed by atoms with Gasteiger partial charge in [0.05, 0.1) is 6.10 Å². The minimum absolute atomic E-state index is 0.407. The predicted molar refractivity (Wildman–Crippen MR) is 48.5 cm³/mol. The van der Waals surface area contributed by atoms with Gasteiger partial charge in [0.25, 0.3) is 0 Å². The van der Waals surface area contributed by atoms with E-state index in [4.69, 9.17) is 0 Å². The van der Waals surface area contributed by atoms with Gasteiger partial charge < -0.3 is 20.6 Å². The fourth-order valence-electron chi connectivity index (χ4n) is 1.56. The second-order valence-electron chi connectivity index (χ2n) is 3.52. The van der Waals surface area contributed by atoms with E-state index in [-0.39, 0.29) is 0 Å². The molecule has 0 saturated carbocycles. The van der Waals surface area contributed by atoms with E-state index in [2.05, 4.69) is 10.6 Å². The van der Waals surface area contributed by atoms with Gasteiger partial charge in [-0.3, -0.25) is 10.1 Å². The van der Waals surface area contributed by atoms with Gasteiger partial charge in [-0.05, 0) is 6.92 Å². The molecule has 0 radical (unpaired) electrons. The lowest BCUT2D eigenvalue weighted by molar-refractivity contribution is -0.141. The van der Waals surface area contributed by atoms with Crippen molar-refractivity contribution in [1.82, 2.24) is 10.6 Å². The molecule has 1 rings (SSSR count). The highest BCUT2D eigenvalue weighted by Gasteiger charge is 2.43. The number of aliphatic hydroxyl groups is 3. The third kappa shape index (κ3) is 1.88. The van der Waals surface area contributed by atoms with Crippen LogP contribution in [0.4, 0.5) is 0 Å². The molecule has 1 aliphatic heterocycles. The topological polar surface area (TPSA) is 102 Å². The average molecular weight is 204 g/mol. The molecule has 6 heteroatoms. The molecule has 1 heterocycles. The van der Waals surface area contributed by atoms with E-state index in [9.17, 15) is 20.1 Å². The van der Waals surface area contributed by atoms with Crippen molar-refractivity contribution in [1.29, 1.82) is 0 Å². The molecule has 0 aromatic rings. The second kappa shape index (κ2) is 4.22. The van der Waals surface area contributed by atoms with Gasteiger partial charge in [0.1, 0.15) is 18.2 Å². The van der Waals surface area contributed by atoms with Crippen molar-refractivity contribution in [3.63, 3.8) is 0 Å². The molecular formula is C8H16N2O4. The van der Waals surface area contributed by atoms with Crippen LogP contribution in [0.25, 0.3) is 0 Å². The number of carbonyl (C=O) groups is 1. The van der Waals surface area contributed by atoms with E-state index in [0.29, 0.717) is 0 Å². The minimum atomic E-state index is -1.30. The number of rotatable bonds is 1. The van der Waals surface area contributed by atoms with Gasteiger partial charge in [-0.2, -0.15) is 0 Å². The van der Waals surface area contributed by atoms with Crippen molar-refractivity contribution < 1.29 is 20.1 Å². The van der Waals surface area contributed by atoms with Crippen LogP contribution in [0.5, 0.6) is 0 Å². The number of nitrogens with one attached hydrogen (secondary N) is 2. The van der Waals surface area contributed by atoms with E-state index in [1.54, 1.807) is 6.92 Å². The Balaban J connectivity index is 2.75. The van der Waals surface area contributed by atoms with Crippen LogP contribution in [0.2, 0.25) is 0 Å². The Bertz CT molecular complexity index is 223. The Kier molecular flexibility index (Phi) is 3.43. The summed E-state index contributed by atoms with van der Waals surface area (Å²) in [5.41, 5.74) is 0. The summed E-state index contributed by atoms with van der Waals surface area (Å²) in [7, 11) is 1.44. The van der Waals surface area contributed by atoms with Gasteiger partial charge in [0.2, 0.25) is 5.91 Å². The van der Waals surface area contributed by atoms with E-state index in [1.807, 2.05) is 0 Å². The van der Waals surface area contributed by atoms with Gasteiger partial charge in [-0.25, -0.2) is 0 Å². The van der Waals surface area contributed by atoms with Crippen molar-refractivity contribution in [2.45, 2.75) is 37.3 Å². The van der Waals surface area contributed by atoms with Crippen LogP contribution in [0.1, 0.15) is 6.92 Å². The van der Waals surface area contributed by atoms with E-state index >= 15 is 0 Å². The van der Waals surface area contributed by atoms with Gasteiger partial charge in [-0.1, -0.05) is 0 Å². The molecule has 1 saturated heterocycles. The van der Waals surface area contributed by atoms with E-state index in [0.717, 1.165) is 0 Å². The molecule has 14 heavy (non-hydrogen) atoms. The predicted octanol–water partition coefficient (Wildman–Crippen LogP) is -2.82. The van der Waals surface area contributed by atoms with Crippen LogP contribution in [0, 0.1) is 0 Å². The Morgan fingerprint density at radius 3 is 2.29 bits per heavy atom. The molecule has 5 N–H and O–H groups in total. The maximum absolute atomic E-state index is 11.2. The third-order valence-electron chi connectivity index (χ3n) is 2.52. The number of aliphatic hydroxyl groups excluding tert-OH is 3. The van der Waals surface area contributed by atoms with E-state index < -0.39 is 36.3 Å². The summed E-state index contributed by atoms with van der Waals surface area (Å²) in [5.74, 6) is -0.407. The molecule has 0 unspecified atom stereocenters.